The number of nitrogens with one attached hydrogen (secondary N) is 11. The van der Waals surface area contributed by atoms with E-state index in [0.29, 0.717) is 29.4 Å². The van der Waals surface area contributed by atoms with Crippen molar-refractivity contribution in [2.45, 2.75) is 124 Å². The highest BCUT2D eigenvalue weighted by Gasteiger charge is 2.30. The summed E-state index contributed by atoms with van der Waals surface area (Å²) >= 11 is 4.83. The molecule has 0 radical (unpaired) electrons. The number of ketones is 3. The van der Waals surface area contributed by atoms with Gasteiger partial charge in [0.25, 0.3) is 11.8 Å². The highest BCUT2D eigenvalue weighted by molar-refractivity contribution is 7.99. The number of hydrogen-bond donors (Lipinski definition) is 12. The number of imide groups is 1. The smallest absolute Gasteiger partial charge is 0.253 e. The van der Waals surface area contributed by atoms with Crippen molar-refractivity contribution in [3.8, 4) is 0 Å². The Kier molecular flexibility index (Phi) is 40.0. The molecule has 0 unspecified atom stereocenters. The van der Waals surface area contributed by atoms with Gasteiger partial charge in [-0.3, -0.25) is 86.4 Å². The molecule has 516 valence electrons. The van der Waals surface area contributed by atoms with E-state index in [0.717, 1.165) is 17.1 Å². The molecule has 1 rings (SSSR count). The van der Waals surface area contributed by atoms with Crippen LogP contribution in [0.15, 0.2) is 12.2 Å². The third kappa shape index (κ3) is 38.1. The lowest BCUT2D eigenvalue weighted by Gasteiger charge is -2.21. The summed E-state index contributed by atoms with van der Waals surface area (Å²) in [6.45, 7) is -0.455. The first-order valence-corrected chi connectivity index (χ1v) is 34.2. The fraction of sp³-hybridized carbons (Fsp3) is 0.672. The molecule has 6 atom stereocenters. The quantitative estimate of drug-likeness (QED) is 0.0218. The van der Waals surface area contributed by atoms with Crippen LogP contribution >= 0.6 is 47.0 Å². The van der Waals surface area contributed by atoms with E-state index in [4.69, 9.17) is 11.2 Å². The van der Waals surface area contributed by atoms with Crippen molar-refractivity contribution in [2.24, 2.45) is 23.5 Å². The minimum absolute atomic E-state index is 0.00270. The second-order valence-corrected chi connectivity index (χ2v) is 25.2. The van der Waals surface area contributed by atoms with Crippen LogP contribution in [0.5, 0.6) is 0 Å². The first-order valence-electron chi connectivity index (χ1n) is 32.5. The van der Waals surface area contributed by atoms with Gasteiger partial charge in [-0.15, -0.1) is 0 Å². The van der Waals surface area contributed by atoms with Gasteiger partial charge in [-0.1, -0.05) is 34.0 Å². The van der Waals surface area contributed by atoms with Crippen LogP contribution in [0.3, 0.4) is 0 Å². The van der Waals surface area contributed by atoms with Gasteiger partial charge in [0.2, 0.25) is 70.9 Å². The summed E-state index contributed by atoms with van der Waals surface area (Å²) < 4.78 is 29.8. The van der Waals surface area contributed by atoms with Crippen LogP contribution in [-0.2, 0) is 81.5 Å². The normalized spacial score (nSPS) is 14.1. The van der Waals surface area contributed by atoms with Crippen molar-refractivity contribution in [3.63, 3.8) is 0 Å². The van der Waals surface area contributed by atoms with E-state index in [9.17, 15) is 81.5 Å². The van der Waals surface area contributed by atoms with E-state index in [1.807, 2.05) is 0 Å². The number of hydrogen-bond acceptors (Lipinski definition) is 21. The number of carbonyl (C=O) groups is 17. The van der Waals surface area contributed by atoms with Gasteiger partial charge in [-0.05, 0) is 55.1 Å². The molecular weight excluding hydrogens is 1280 g/mol. The van der Waals surface area contributed by atoms with Crippen LogP contribution in [-0.4, -0.2) is 228 Å². The van der Waals surface area contributed by atoms with E-state index < -0.39 is 175 Å². The number of carbonyl (C=O) groups excluding carboxylic acids is 17. The zero-order chi connectivity index (χ0) is 71.8. The van der Waals surface area contributed by atoms with Crippen molar-refractivity contribution < 1.29 is 87.0 Å². The van der Waals surface area contributed by atoms with Crippen molar-refractivity contribution in [3.05, 3.63) is 12.2 Å². The molecule has 13 N–H and O–H groups in total. The van der Waals surface area contributed by atoms with Crippen molar-refractivity contribution >= 4 is 147 Å². The number of unbranched alkanes of at least 4 members (excludes halogenated alkanes) is 2. The second-order valence-electron chi connectivity index (χ2n) is 20.6. The standard InChI is InChI=1S/C58H93N13O17S4/c1-7-89-32-39(24-42(75)26-62-36(5)72)54(84)65-28-43(76)25-40(33-90-8-2)55(85)64-27-41(74)23-38(56(86)70-44(53(59)83)16-12-14-20-60-47(77)19-22-71-51(81)17-18-52(71)82)15-11-13-21-61-48(78)29-66-57(87)45(34-91-9-3)69-50(80)31-67-58(88)46(35-92-10-4)68-49(79)30-63-37(6)73/h17-18,38-40,44-46H,7-16,19-35H2,1-6H3,(H2,59,83)(H,60,77)(H,61,78)(H,62,72)(H,63,73)(H,64,85)(H,65,84)(H,66,87)(H,67,88)(H,68,79)(H,69,80)(H,70,86)/t38-,39+,40+,44+,45+,46+/m1/s1/i1D,2D,3D,4D. The average Bonchev–Trinajstić information content (AvgIpc) is 1.96. The minimum Gasteiger partial charge on any atom is -0.368 e. The minimum atomic E-state index is -1.23. The molecule has 0 aromatic heterocycles. The Labute approximate surface area is 559 Å². The largest absolute Gasteiger partial charge is 0.368 e. The third-order valence-electron chi connectivity index (χ3n) is 13.1. The summed E-state index contributed by atoms with van der Waals surface area (Å²) in [5, 5.41) is 27.4. The highest BCUT2D eigenvalue weighted by atomic mass is 32.2. The Bertz CT molecular complexity index is 2660. The van der Waals surface area contributed by atoms with Gasteiger partial charge in [-0.2, -0.15) is 47.0 Å². The Hall–Kier alpha value is -7.07. The highest BCUT2D eigenvalue weighted by Crippen LogP contribution is 2.18. The Morgan fingerprint density at radius 3 is 1.28 bits per heavy atom. The molecule has 30 nitrogen and oxygen atoms in total. The first-order chi connectivity index (χ1) is 45.7. The lowest BCUT2D eigenvalue weighted by molar-refractivity contribution is -0.137. The van der Waals surface area contributed by atoms with Crippen LogP contribution in [0.4, 0.5) is 0 Å². The molecule has 34 heteroatoms. The van der Waals surface area contributed by atoms with Gasteiger partial charge in [0.15, 0.2) is 17.3 Å². The molecule has 1 aliphatic heterocycles. The molecule has 0 spiro atoms. The van der Waals surface area contributed by atoms with E-state index in [2.05, 4.69) is 58.5 Å². The molecule has 0 aliphatic carbocycles. The zero-order valence-electron chi connectivity index (χ0n) is 56.1. The predicted molar refractivity (Wildman–Crippen MR) is 350 cm³/mol. The summed E-state index contributed by atoms with van der Waals surface area (Å²) in [5.41, 5.74) is 5.69. The molecule has 0 saturated carbocycles. The fourth-order valence-corrected chi connectivity index (χ4v) is 11.0. The van der Waals surface area contributed by atoms with Gasteiger partial charge >= 0.3 is 0 Å². The summed E-state index contributed by atoms with van der Waals surface area (Å²) in [5.74, 6) is -12.2. The van der Waals surface area contributed by atoms with Crippen molar-refractivity contribution in [1.29, 1.82) is 0 Å². The third-order valence-corrected chi connectivity index (χ3v) is 16.7. The van der Waals surface area contributed by atoms with Crippen molar-refractivity contribution in [1.82, 2.24) is 63.4 Å². The lowest BCUT2D eigenvalue weighted by Crippen LogP contribution is -2.54. The van der Waals surface area contributed by atoms with Crippen LogP contribution in [0.25, 0.3) is 0 Å². The Morgan fingerprint density at radius 1 is 0.435 bits per heavy atom. The molecule has 0 saturated heterocycles. The number of rotatable bonds is 52. The molecule has 1 aliphatic rings. The molecular formula is C58H93N13O17S4. The Morgan fingerprint density at radius 2 is 0.826 bits per heavy atom. The summed E-state index contributed by atoms with van der Waals surface area (Å²) in [6.07, 6.45) is 1.95. The second kappa shape index (κ2) is 48.6. The maximum atomic E-state index is 14.0. The van der Waals surface area contributed by atoms with E-state index in [-0.39, 0.29) is 128 Å². The maximum Gasteiger partial charge on any atom is 0.253 e. The molecule has 0 aromatic carbocycles. The van der Waals surface area contributed by atoms with Gasteiger partial charge < -0.3 is 64.2 Å². The SMILES string of the molecule is [2H]CCSC[C@H](CC(=O)CNC(C)=O)C(=O)NCC(=O)C[C@@H](CSCC[2H])C(=O)NCC(=O)C[C@@H](CCCCNC(=O)CNC(=O)[C@H](CSCC[2H])NC(=O)CNC(=O)[C@H](CSCC[2H])NC(=O)CNC(C)=O)C(=O)N[C@@H](CCCCNC(=O)CCN1C(=O)C=CC1=O)C(N)=O. The molecule has 1 heterocycles. The number of nitrogens with two attached hydrogens (primary N) is 1. The summed E-state index contributed by atoms with van der Waals surface area (Å²) in [7, 11) is 0. The van der Waals surface area contributed by atoms with Crippen LogP contribution < -0.4 is 64.2 Å². The number of Topliss-reactive ketones (excluding diaryl/α,β-unsaturated/α-hetero) is 3. The van der Waals surface area contributed by atoms with Crippen LogP contribution in [0.2, 0.25) is 0 Å². The molecule has 0 aromatic rings. The fourth-order valence-electron chi connectivity index (χ4n) is 8.24. The van der Waals surface area contributed by atoms with E-state index >= 15 is 0 Å². The average molecular weight is 1380 g/mol. The topological polar surface area (TPSA) is 452 Å². The molecule has 14 amide bonds. The van der Waals surface area contributed by atoms with Crippen LogP contribution in [0, 0.1) is 17.8 Å². The molecule has 0 fully saturated rings. The number of nitrogens with zero attached hydrogens (tertiary/aromatic N) is 1. The Balaban J connectivity index is 3.12. The number of primary amides is 1. The summed E-state index contributed by atoms with van der Waals surface area (Å²) in [6, 6.07) is -3.60. The van der Waals surface area contributed by atoms with E-state index in [1.54, 1.807) is 0 Å². The first kappa shape index (κ1) is 75.6. The lowest BCUT2D eigenvalue weighted by atomic mass is 9.94. The van der Waals surface area contributed by atoms with Gasteiger partial charge in [0.05, 0.1) is 51.1 Å². The van der Waals surface area contributed by atoms with Crippen molar-refractivity contribution in [2.75, 3.05) is 105 Å². The monoisotopic (exact) mass is 1380 g/mol. The van der Waals surface area contributed by atoms with Gasteiger partial charge in [0.1, 0.15) is 18.1 Å². The number of thioether (sulfide) groups is 4. The number of amides is 14. The summed E-state index contributed by atoms with van der Waals surface area (Å²) in [4.78, 5) is 217. The van der Waals surface area contributed by atoms with E-state index in [1.165, 1.54) is 60.9 Å². The molecule has 92 heavy (non-hydrogen) atoms. The van der Waals surface area contributed by atoms with Gasteiger partial charge in [-0.25, -0.2) is 0 Å². The molecule has 0 bridgehead atoms. The zero-order valence-corrected chi connectivity index (χ0v) is 55.4. The van der Waals surface area contributed by atoms with Gasteiger partial charge in [0, 0.05) is 106 Å². The predicted octanol–water partition coefficient (Wildman–Crippen LogP) is -2.71. The van der Waals surface area contributed by atoms with Crippen LogP contribution in [0.1, 0.15) is 111 Å². The maximum absolute atomic E-state index is 14.0.